The van der Waals surface area contributed by atoms with E-state index in [2.05, 4.69) is 39.6 Å². The van der Waals surface area contributed by atoms with Gasteiger partial charge in [-0.2, -0.15) is 0 Å². The van der Waals surface area contributed by atoms with Crippen molar-refractivity contribution >= 4 is 22.1 Å². The summed E-state index contributed by atoms with van der Waals surface area (Å²) in [5.41, 5.74) is 1.40. The third kappa shape index (κ3) is 5.72. The number of imidazole rings is 1. The molecule has 2 aromatic heterocycles. The Balaban J connectivity index is 1.75. The van der Waals surface area contributed by atoms with E-state index in [0.29, 0.717) is 58.4 Å². The molecule has 0 radical (unpaired) electrons. The molecule has 38 heavy (non-hydrogen) atoms. The molecule has 0 saturated carbocycles. The van der Waals surface area contributed by atoms with Gasteiger partial charge in [0.1, 0.15) is 22.6 Å². The van der Waals surface area contributed by atoms with Crippen LogP contribution in [0.3, 0.4) is 0 Å². The third-order valence-corrected chi connectivity index (χ3v) is 9.13. The van der Waals surface area contributed by atoms with Gasteiger partial charge < -0.3 is 9.72 Å². The van der Waals surface area contributed by atoms with Crippen molar-refractivity contribution in [2.24, 2.45) is 0 Å². The van der Waals surface area contributed by atoms with E-state index < -0.39 is 11.0 Å². The van der Waals surface area contributed by atoms with E-state index >= 15 is 0 Å². The highest BCUT2D eigenvalue weighted by molar-refractivity contribution is 7.86. The molecule has 2 aromatic rings. The number of rotatable bonds is 10. The first-order chi connectivity index (χ1) is 18.3. The lowest BCUT2D eigenvalue weighted by atomic mass is 9.95. The number of aromatic nitrogens is 4. The van der Waals surface area contributed by atoms with Gasteiger partial charge in [-0.1, -0.05) is 32.9 Å². The quantitative estimate of drug-likeness (QED) is 0.358. The Bertz CT molecular complexity index is 1310. The molecule has 4 rings (SSSR count). The van der Waals surface area contributed by atoms with Crippen molar-refractivity contribution in [3.63, 3.8) is 0 Å². The summed E-state index contributed by atoms with van der Waals surface area (Å²) in [5, 5.41) is 4.78. The summed E-state index contributed by atoms with van der Waals surface area (Å²) in [7, 11) is -1.41. The van der Waals surface area contributed by atoms with Gasteiger partial charge in [-0.15, -0.1) is 5.10 Å². The Morgan fingerprint density at radius 2 is 2.00 bits per heavy atom. The van der Waals surface area contributed by atoms with E-state index in [1.54, 1.807) is 16.7 Å². The molecule has 1 N–H and O–H groups in total. The summed E-state index contributed by atoms with van der Waals surface area (Å²) >= 11 is 0. The minimum atomic E-state index is -1.41. The molecule has 9 nitrogen and oxygen atoms in total. The molecule has 0 spiro atoms. The normalized spacial score (nSPS) is 22.7. The molecule has 3 atom stereocenters. The lowest BCUT2D eigenvalue weighted by Gasteiger charge is -2.39. The average Bonchev–Trinajstić information content (AvgIpc) is 3.17. The summed E-state index contributed by atoms with van der Waals surface area (Å²) in [5.74, 6) is 1.68. The molecule has 4 heterocycles. The molecule has 208 valence electrons. The predicted octanol–water partition coefficient (Wildman–Crippen LogP) is 4.13. The maximum Gasteiger partial charge on any atom is 0.277 e. The fourth-order valence-corrected chi connectivity index (χ4v) is 7.10. The SMILES string of the molecule is C=C/C(=C\C(=C(/C)OCC)c1nn2c(CCC)nc(C)c2c(=O)[nH]1)S(=O)N1CCC2CCCC(C1)N2CC. The number of nitrogens with zero attached hydrogens (tertiary/aromatic N) is 5. The van der Waals surface area contributed by atoms with E-state index in [4.69, 9.17) is 9.84 Å². The molecule has 2 aliphatic rings. The number of nitrogens with one attached hydrogen (secondary N) is 1. The van der Waals surface area contributed by atoms with Gasteiger partial charge in [0.2, 0.25) is 0 Å². The van der Waals surface area contributed by atoms with Crippen LogP contribution < -0.4 is 5.56 Å². The smallest absolute Gasteiger partial charge is 0.277 e. The summed E-state index contributed by atoms with van der Waals surface area (Å²) in [6, 6.07) is 0.975. The second kappa shape index (κ2) is 12.5. The third-order valence-electron chi connectivity index (χ3n) is 7.64. The number of fused-ring (bicyclic) bond motifs is 3. The lowest BCUT2D eigenvalue weighted by Crippen LogP contribution is -2.48. The van der Waals surface area contributed by atoms with Crippen LogP contribution in [0, 0.1) is 6.92 Å². The molecular weight excluding hydrogens is 500 g/mol. The number of hydrogen-bond donors (Lipinski definition) is 1. The number of aromatic amines is 1. The summed E-state index contributed by atoms with van der Waals surface area (Å²) < 4.78 is 23.5. The van der Waals surface area contributed by atoms with Crippen LogP contribution >= 0.6 is 0 Å². The van der Waals surface area contributed by atoms with Gasteiger partial charge in [0.05, 0.1) is 22.8 Å². The zero-order valence-electron chi connectivity index (χ0n) is 23.5. The maximum absolute atomic E-state index is 13.9. The molecule has 2 aliphatic heterocycles. The minimum absolute atomic E-state index is 0.265. The lowest BCUT2D eigenvalue weighted by molar-refractivity contribution is 0.0972. The van der Waals surface area contributed by atoms with Crippen molar-refractivity contribution in [3.8, 4) is 0 Å². The molecule has 2 fully saturated rings. The molecular formula is C28H42N6O3S. The molecule has 3 unspecified atom stereocenters. The van der Waals surface area contributed by atoms with E-state index in [9.17, 15) is 9.00 Å². The average molecular weight is 543 g/mol. The van der Waals surface area contributed by atoms with Crippen LogP contribution in [0.15, 0.2) is 34.2 Å². The van der Waals surface area contributed by atoms with Crippen LogP contribution in [0.4, 0.5) is 0 Å². The van der Waals surface area contributed by atoms with Gasteiger partial charge >= 0.3 is 0 Å². The number of aryl methyl sites for hydroxylation is 2. The molecule has 10 heteroatoms. The molecule has 0 aromatic carbocycles. The highest BCUT2D eigenvalue weighted by atomic mass is 32.2. The minimum Gasteiger partial charge on any atom is -0.498 e. The zero-order valence-corrected chi connectivity index (χ0v) is 24.3. The topological polar surface area (TPSA) is 95.8 Å². The number of piperidine rings is 1. The first kappa shape index (κ1) is 28.4. The van der Waals surface area contributed by atoms with Gasteiger partial charge in [-0.3, -0.25) is 9.69 Å². The zero-order chi connectivity index (χ0) is 27.4. The van der Waals surface area contributed by atoms with Crippen molar-refractivity contribution in [2.75, 3.05) is 26.2 Å². The van der Waals surface area contributed by atoms with Gasteiger partial charge in [0.15, 0.2) is 11.3 Å². The fraction of sp³-hybridized carbons (Fsp3) is 0.607. The van der Waals surface area contributed by atoms with E-state index in [0.717, 1.165) is 44.7 Å². The van der Waals surface area contributed by atoms with Crippen LogP contribution in [0.25, 0.3) is 11.1 Å². The summed E-state index contributed by atoms with van der Waals surface area (Å²) in [4.78, 5) is 23.8. The molecule has 0 amide bonds. The highest BCUT2D eigenvalue weighted by Gasteiger charge is 2.35. The van der Waals surface area contributed by atoms with Crippen LogP contribution in [0.1, 0.15) is 77.1 Å². The van der Waals surface area contributed by atoms with Crippen LogP contribution in [-0.2, 0) is 22.1 Å². The number of H-pyrrole nitrogens is 1. The molecule has 0 aliphatic carbocycles. The highest BCUT2D eigenvalue weighted by Crippen LogP contribution is 2.30. The van der Waals surface area contributed by atoms with E-state index in [-0.39, 0.29) is 5.56 Å². The number of ether oxygens (including phenoxy) is 1. The monoisotopic (exact) mass is 542 g/mol. The Morgan fingerprint density at radius 1 is 1.24 bits per heavy atom. The Morgan fingerprint density at radius 3 is 2.68 bits per heavy atom. The summed E-state index contributed by atoms with van der Waals surface area (Å²) in [6.45, 7) is 16.9. The maximum atomic E-state index is 13.9. The standard InChI is InChI=1S/C28H42N6O3S/c1-7-12-25-29-19(5)26-28(35)30-27(31-34(25)26)24(20(6)37-10-4)17-23(8-2)38(36)32-16-15-21-13-11-14-22(18-32)33(21)9-3/h8,17,21-22H,2,7,9-16,18H2,1,3-6H3,(H,30,31,35)/b23-17+,24-20-. The predicted molar refractivity (Wildman–Crippen MR) is 153 cm³/mol. The van der Waals surface area contributed by atoms with Crippen molar-refractivity contribution in [3.05, 3.63) is 57.1 Å². The fourth-order valence-electron chi connectivity index (χ4n) is 5.86. The largest absolute Gasteiger partial charge is 0.498 e. The van der Waals surface area contributed by atoms with Gasteiger partial charge in [0.25, 0.3) is 5.56 Å². The number of hydrogen-bond acceptors (Lipinski definition) is 6. The van der Waals surface area contributed by atoms with Gasteiger partial charge in [0, 0.05) is 31.6 Å². The number of allylic oxidation sites excluding steroid dienone is 4. The van der Waals surface area contributed by atoms with Crippen molar-refractivity contribution in [2.45, 2.75) is 85.2 Å². The first-order valence-electron chi connectivity index (χ1n) is 13.9. The van der Waals surface area contributed by atoms with Crippen LogP contribution in [0.2, 0.25) is 0 Å². The second-order valence-corrected chi connectivity index (χ2v) is 11.6. The Labute approximate surface area is 228 Å². The molecule has 2 saturated heterocycles. The number of likely N-dealkylation sites (N-methyl/N-ethyl adjacent to an activating group) is 1. The summed E-state index contributed by atoms with van der Waals surface area (Å²) in [6.07, 6.45) is 9.62. The van der Waals surface area contributed by atoms with Crippen molar-refractivity contribution in [1.82, 2.24) is 28.8 Å². The van der Waals surface area contributed by atoms with E-state index in [1.807, 2.05) is 20.8 Å². The second-order valence-electron chi connectivity index (χ2n) is 10.1. The Hall–Kier alpha value is -2.56. The first-order valence-corrected chi connectivity index (χ1v) is 15.0. The van der Waals surface area contributed by atoms with Gasteiger partial charge in [-0.25, -0.2) is 18.0 Å². The molecule has 2 bridgehead atoms. The van der Waals surface area contributed by atoms with Crippen molar-refractivity contribution < 1.29 is 8.95 Å². The van der Waals surface area contributed by atoms with Crippen LogP contribution in [0.5, 0.6) is 0 Å². The van der Waals surface area contributed by atoms with Crippen LogP contribution in [-0.4, -0.2) is 71.3 Å². The van der Waals surface area contributed by atoms with Gasteiger partial charge in [-0.05, 0) is 59.1 Å². The Kier molecular flexibility index (Phi) is 9.38. The van der Waals surface area contributed by atoms with Crippen molar-refractivity contribution in [1.29, 1.82) is 0 Å². The van der Waals surface area contributed by atoms with E-state index in [1.165, 1.54) is 12.8 Å².